The van der Waals surface area contributed by atoms with E-state index in [1.54, 1.807) is 0 Å². The second kappa shape index (κ2) is 6.69. The highest BCUT2D eigenvalue weighted by Gasteiger charge is 2.57. The molecule has 2 heterocycles. The summed E-state index contributed by atoms with van der Waals surface area (Å²) in [5.41, 5.74) is 2.73. The number of amides is 1. The monoisotopic (exact) mass is 376 g/mol. The minimum absolute atomic E-state index is 0.0995. The quantitative estimate of drug-likeness (QED) is 0.854. The summed E-state index contributed by atoms with van der Waals surface area (Å²) in [5, 5.41) is 3.31. The van der Waals surface area contributed by atoms with Crippen LogP contribution in [0.4, 0.5) is 5.69 Å². The molecule has 4 rings (SSSR count). The van der Waals surface area contributed by atoms with Crippen molar-refractivity contribution in [3.63, 3.8) is 0 Å². The van der Waals surface area contributed by atoms with E-state index in [2.05, 4.69) is 72.6 Å². The number of nitrogens with one attached hydrogen (secondary N) is 1. The van der Waals surface area contributed by atoms with Crippen molar-refractivity contribution in [2.75, 3.05) is 11.4 Å². The molecule has 0 aromatic heterocycles. The van der Waals surface area contributed by atoms with E-state index in [0.717, 1.165) is 17.9 Å². The van der Waals surface area contributed by atoms with Crippen molar-refractivity contribution in [3.05, 3.63) is 65.7 Å². The SMILES string of the molecule is CC(C)Oc1ccc(C=C[C@@]23NC(=O)CCN2c2ccccc2C3(C)C)cc1. The standard InChI is InChI=1S/C24H28N2O2/c1-17(2)28-19-11-9-18(10-12-19)13-15-24-23(3,4)20-7-5-6-8-21(20)26(24)16-14-22(27)25-24/h5-13,15,17H,14,16H2,1-4H3,(H,25,27)/t24-/m1/s1. The third kappa shape index (κ3) is 2.88. The second-order valence-electron chi connectivity index (χ2n) is 8.43. The van der Waals surface area contributed by atoms with Crippen LogP contribution in [0.3, 0.4) is 0 Å². The van der Waals surface area contributed by atoms with E-state index >= 15 is 0 Å². The van der Waals surface area contributed by atoms with Gasteiger partial charge in [-0.25, -0.2) is 0 Å². The third-order valence-corrected chi connectivity index (χ3v) is 5.91. The van der Waals surface area contributed by atoms with Crippen molar-refractivity contribution < 1.29 is 9.53 Å². The van der Waals surface area contributed by atoms with Crippen LogP contribution in [0.5, 0.6) is 5.75 Å². The molecule has 0 saturated carbocycles. The van der Waals surface area contributed by atoms with Crippen LogP contribution in [0.1, 0.15) is 45.2 Å². The van der Waals surface area contributed by atoms with Crippen molar-refractivity contribution in [2.24, 2.45) is 0 Å². The van der Waals surface area contributed by atoms with Gasteiger partial charge in [0, 0.05) is 24.1 Å². The number of para-hydroxylation sites is 1. The van der Waals surface area contributed by atoms with Crippen molar-refractivity contribution in [2.45, 2.75) is 51.3 Å². The average molecular weight is 377 g/mol. The van der Waals surface area contributed by atoms with Crippen LogP contribution in [-0.4, -0.2) is 24.2 Å². The lowest BCUT2D eigenvalue weighted by atomic mass is 9.74. The third-order valence-electron chi connectivity index (χ3n) is 5.91. The molecule has 0 bridgehead atoms. The summed E-state index contributed by atoms with van der Waals surface area (Å²) < 4.78 is 5.73. The lowest BCUT2D eigenvalue weighted by molar-refractivity contribution is -0.124. The van der Waals surface area contributed by atoms with Crippen LogP contribution >= 0.6 is 0 Å². The minimum atomic E-state index is -0.570. The Morgan fingerprint density at radius 3 is 2.54 bits per heavy atom. The van der Waals surface area contributed by atoms with Gasteiger partial charge in [-0.05, 0) is 49.2 Å². The molecular weight excluding hydrogens is 348 g/mol. The predicted molar refractivity (Wildman–Crippen MR) is 114 cm³/mol. The van der Waals surface area contributed by atoms with E-state index in [-0.39, 0.29) is 17.4 Å². The molecule has 0 radical (unpaired) electrons. The minimum Gasteiger partial charge on any atom is -0.491 e. The van der Waals surface area contributed by atoms with Crippen LogP contribution in [-0.2, 0) is 10.2 Å². The fourth-order valence-corrected chi connectivity index (χ4v) is 4.47. The molecule has 2 aromatic carbocycles. The first kappa shape index (κ1) is 18.6. The molecule has 1 fully saturated rings. The number of fused-ring (bicyclic) bond motifs is 3. The van der Waals surface area contributed by atoms with Gasteiger partial charge in [0.2, 0.25) is 5.91 Å². The average Bonchev–Trinajstić information content (AvgIpc) is 2.85. The van der Waals surface area contributed by atoms with E-state index in [1.165, 1.54) is 11.3 Å². The zero-order valence-corrected chi connectivity index (χ0v) is 17.0. The van der Waals surface area contributed by atoms with Gasteiger partial charge in [0.15, 0.2) is 0 Å². The molecule has 0 spiro atoms. The van der Waals surface area contributed by atoms with Crippen LogP contribution in [0.2, 0.25) is 0 Å². The van der Waals surface area contributed by atoms with Crippen LogP contribution in [0.15, 0.2) is 54.6 Å². The molecule has 146 valence electrons. The zero-order valence-electron chi connectivity index (χ0n) is 17.0. The van der Waals surface area contributed by atoms with Gasteiger partial charge in [-0.2, -0.15) is 0 Å². The number of ether oxygens (including phenoxy) is 1. The Bertz CT molecular complexity index is 914. The first-order valence-electron chi connectivity index (χ1n) is 9.98. The maximum Gasteiger partial charge on any atom is 0.223 e. The van der Waals surface area contributed by atoms with Gasteiger partial charge >= 0.3 is 0 Å². The molecule has 1 atom stereocenters. The van der Waals surface area contributed by atoms with Gasteiger partial charge in [0.1, 0.15) is 11.4 Å². The number of hydrogen-bond donors (Lipinski definition) is 1. The normalized spacial score (nSPS) is 22.9. The Balaban J connectivity index is 1.71. The molecule has 2 aliphatic heterocycles. The topological polar surface area (TPSA) is 41.6 Å². The van der Waals surface area contributed by atoms with Gasteiger partial charge in [-0.15, -0.1) is 0 Å². The summed E-state index contributed by atoms with van der Waals surface area (Å²) in [4.78, 5) is 14.8. The largest absolute Gasteiger partial charge is 0.491 e. The summed E-state index contributed by atoms with van der Waals surface area (Å²) in [6.07, 6.45) is 4.93. The Kier molecular flexibility index (Phi) is 4.45. The van der Waals surface area contributed by atoms with Crippen LogP contribution in [0, 0.1) is 0 Å². The molecule has 1 saturated heterocycles. The maximum absolute atomic E-state index is 12.4. The molecular formula is C24H28N2O2. The lowest BCUT2D eigenvalue weighted by Crippen LogP contribution is -2.68. The number of nitrogens with zero attached hydrogens (tertiary/aromatic N) is 1. The first-order valence-corrected chi connectivity index (χ1v) is 9.98. The molecule has 0 aliphatic carbocycles. The van der Waals surface area contributed by atoms with Gasteiger partial charge in [-0.3, -0.25) is 4.79 Å². The van der Waals surface area contributed by atoms with E-state index in [9.17, 15) is 4.79 Å². The van der Waals surface area contributed by atoms with E-state index < -0.39 is 5.66 Å². The van der Waals surface area contributed by atoms with Crippen molar-refractivity contribution in [1.29, 1.82) is 0 Å². The molecule has 4 heteroatoms. The zero-order chi connectivity index (χ0) is 19.9. The summed E-state index contributed by atoms with van der Waals surface area (Å²) in [6.45, 7) is 9.18. The molecule has 2 aliphatic rings. The Morgan fingerprint density at radius 1 is 1.11 bits per heavy atom. The molecule has 0 unspecified atom stereocenters. The number of hydrogen-bond acceptors (Lipinski definition) is 3. The van der Waals surface area contributed by atoms with Crippen LogP contribution < -0.4 is 15.0 Å². The number of rotatable bonds is 4. The summed E-state index contributed by atoms with van der Waals surface area (Å²) >= 11 is 0. The van der Waals surface area contributed by atoms with Gasteiger partial charge in [0.25, 0.3) is 0 Å². The number of carbonyl (C=O) groups excluding carboxylic acids is 1. The fraction of sp³-hybridized carbons (Fsp3) is 0.375. The summed E-state index contributed by atoms with van der Waals surface area (Å²) in [6, 6.07) is 16.6. The smallest absolute Gasteiger partial charge is 0.223 e. The summed E-state index contributed by atoms with van der Waals surface area (Å²) in [5.74, 6) is 0.967. The lowest BCUT2D eigenvalue weighted by Gasteiger charge is -2.49. The van der Waals surface area contributed by atoms with Crippen molar-refractivity contribution in [3.8, 4) is 5.75 Å². The van der Waals surface area contributed by atoms with E-state index in [1.807, 2.05) is 26.0 Å². The highest BCUT2D eigenvalue weighted by atomic mass is 16.5. The van der Waals surface area contributed by atoms with Crippen LogP contribution in [0.25, 0.3) is 6.08 Å². The predicted octanol–water partition coefficient (Wildman–Crippen LogP) is 4.50. The number of carbonyl (C=O) groups is 1. The maximum atomic E-state index is 12.4. The fourth-order valence-electron chi connectivity index (χ4n) is 4.47. The van der Waals surface area contributed by atoms with Gasteiger partial charge in [-0.1, -0.05) is 50.3 Å². The van der Waals surface area contributed by atoms with E-state index in [0.29, 0.717) is 6.42 Å². The summed E-state index contributed by atoms with van der Waals surface area (Å²) in [7, 11) is 0. The molecule has 4 nitrogen and oxygen atoms in total. The second-order valence-corrected chi connectivity index (χ2v) is 8.43. The Hall–Kier alpha value is -2.75. The molecule has 1 amide bonds. The Labute approximate surface area is 167 Å². The molecule has 1 N–H and O–H groups in total. The first-order chi connectivity index (χ1) is 13.3. The number of benzene rings is 2. The van der Waals surface area contributed by atoms with Crippen molar-refractivity contribution in [1.82, 2.24) is 5.32 Å². The highest BCUT2D eigenvalue weighted by Crippen LogP contribution is 2.52. The highest BCUT2D eigenvalue weighted by molar-refractivity contribution is 5.84. The van der Waals surface area contributed by atoms with E-state index in [4.69, 9.17) is 4.74 Å². The molecule has 28 heavy (non-hydrogen) atoms. The number of anilines is 1. The van der Waals surface area contributed by atoms with Gasteiger partial charge < -0.3 is 15.0 Å². The van der Waals surface area contributed by atoms with Gasteiger partial charge in [0.05, 0.1) is 6.10 Å². The Morgan fingerprint density at radius 2 is 1.82 bits per heavy atom. The van der Waals surface area contributed by atoms with Crippen molar-refractivity contribution >= 4 is 17.7 Å². The molecule has 2 aromatic rings.